The number of likely N-dealkylation sites (tertiary alicyclic amines) is 1. The van der Waals surface area contributed by atoms with Crippen LogP contribution in [0.15, 0.2) is 54.9 Å². The first-order valence-electron chi connectivity index (χ1n) is 12.2. The molecule has 2 aliphatic rings. The number of aliphatic hydroxyl groups is 1. The lowest BCUT2D eigenvalue weighted by molar-refractivity contribution is -0.921. The van der Waals surface area contributed by atoms with Gasteiger partial charge in [-0.3, -0.25) is 4.98 Å². The van der Waals surface area contributed by atoms with E-state index in [0.717, 1.165) is 68.9 Å². The average molecular weight is 438 g/mol. The lowest BCUT2D eigenvalue weighted by Gasteiger charge is -2.37. The average Bonchev–Trinajstić information content (AvgIpc) is 3.49. The summed E-state index contributed by atoms with van der Waals surface area (Å²) in [7, 11) is 2.29. The summed E-state index contributed by atoms with van der Waals surface area (Å²) in [6.45, 7) is 2.55. The zero-order chi connectivity index (χ0) is 22.4. The summed E-state index contributed by atoms with van der Waals surface area (Å²) < 4.78 is 6.83. The molecule has 1 saturated carbocycles. The molecule has 1 saturated heterocycles. The van der Waals surface area contributed by atoms with E-state index in [1.54, 1.807) is 0 Å². The number of aromatic nitrogens is 1. The predicted octanol–water partition coefficient (Wildman–Crippen LogP) is 4.24. The first-order valence-corrected chi connectivity index (χ1v) is 12.2. The van der Waals surface area contributed by atoms with E-state index in [1.807, 2.05) is 48.8 Å². The predicted molar refractivity (Wildman–Crippen MR) is 125 cm³/mol. The quantitative estimate of drug-likeness (QED) is 0.471. The van der Waals surface area contributed by atoms with E-state index in [2.05, 4.69) is 18.1 Å². The van der Waals surface area contributed by atoms with Gasteiger partial charge in [-0.2, -0.15) is 0 Å². The van der Waals surface area contributed by atoms with Crippen LogP contribution in [0.4, 0.5) is 0 Å². The number of hydrogen-bond donors (Lipinski definition) is 1. The van der Waals surface area contributed by atoms with E-state index >= 15 is 0 Å². The molecule has 172 valence electrons. The second-order valence-corrected chi connectivity index (χ2v) is 9.90. The number of benzene rings is 1. The van der Waals surface area contributed by atoms with Gasteiger partial charge in [0.2, 0.25) is 0 Å². The van der Waals surface area contributed by atoms with Gasteiger partial charge in [0.05, 0.1) is 20.1 Å². The SMILES string of the molecule is C[N@@+]1(CCCc2cccnc2)CCCC1COC(=O)C(O)(c1ccccc1)C1CCCC1. The van der Waals surface area contributed by atoms with Crippen LogP contribution in [0.25, 0.3) is 0 Å². The molecule has 1 aliphatic carbocycles. The minimum Gasteiger partial charge on any atom is -0.457 e. The molecule has 3 atom stereocenters. The second-order valence-electron chi connectivity index (χ2n) is 9.90. The molecule has 0 amide bonds. The standard InChI is InChI=1S/C27H37N2O3/c1-29(18-8-11-22-10-7-17-28-20-22)19-9-16-25(29)21-32-26(30)27(31,24-14-5-6-15-24)23-12-3-2-4-13-23/h2-4,7,10,12-13,17,20,24-25,31H,5-6,8-9,11,14-16,18-19,21H2,1H3/q+1/t25?,27?,29-/m1/s1. The van der Waals surface area contributed by atoms with Crippen LogP contribution < -0.4 is 0 Å². The third kappa shape index (κ3) is 4.89. The monoisotopic (exact) mass is 437 g/mol. The Morgan fingerprint density at radius 3 is 2.62 bits per heavy atom. The number of aryl methyl sites for hydroxylation is 1. The van der Waals surface area contributed by atoms with Crippen molar-refractivity contribution in [2.45, 2.75) is 63.0 Å². The van der Waals surface area contributed by atoms with Crippen molar-refractivity contribution in [1.82, 2.24) is 4.98 Å². The van der Waals surface area contributed by atoms with Crippen molar-refractivity contribution in [3.8, 4) is 0 Å². The van der Waals surface area contributed by atoms with Crippen LogP contribution >= 0.6 is 0 Å². The molecular weight excluding hydrogens is 400 g/mol. The number of likely N-dealkylation sites (N-methyl/N-ethyl adjacent to an activating group) is 1. The fraction of sp³-hybridized carbons (Fsp3) is 0.556. The largest absolute Gasteiger partial charge is 0.457 e. The van der Waals surface area contributed by atoms with Gasteiger partial charge in [0.1, 0.15) is 12.6 Å². The normalized spacial score (nSPS) is 25.5. The molecule has 1 aromatic heterocycles. The number of carbonyl (C=O) groups is 1. The van der Waals surface area contributed by atoms with Gasteiger partial charge in [-0.1, -0.05) is 49.2 Å². The van der Waals surface area contributed by atoms with Crippen molar-refractivity contribution in [3.05, 3.63) is 66.0 Å². The maximum absolute atomic E-state index is 13.3. The first kappa shape index (κ1) is 22.9. The van der Waals surface area contributed by atoms with Crippen molar-refractivity contribution < 1.29 is 19.1 Å². The summed E-state index contributed by atoms with van der Waals surface area (Å²) in [6, 6.07) is 13.8. The number of hydrogen-bond acceptors (Lipinski definition) is 4. The van der Waals surface area contributed by atoms with E-state index in [9.17, 15) is 9.90 Å². The molecule has 1 aromatic carbocycles. The maximum Gasteiger partial charge on any atom is 0.343 e. The third-order valence-corrected chi connectivity index (χ3v) is 7.82. The molecule has 0 radical (unpaired) electrons. The van der Waals surface area contributed by atoms with Crippen LogP contribution in [-0.2, 0) is 21.6 Å². The Bertz CT molecular complexity index is 869. The van der Waals surface area contributed by atoms with Gasteiger partial charge < -0.3 is 14.3 Å². The number of rotatable bonds is 9. The molecule has 5 nitrogen and oxygen atoms in total. The summed E-state index contributed by atoms with van der Waals surface area (Å²) in [4.78, 5) is 17.5. The Labute approximate surface area is 192 Å². The smallest absolute Gasteiger partial charge is 0.343 e. The van der Waals surface area contributed by atoms with Crippen LogP contribution in [-0.4, -0.2) is 53.3 Å². The summed E-state index contributed by atoms with van der Waals surface area (Å²) in [5.41, 5.74) is 0.392. The third-order valence-electron chi connectivity index (χ3n) is 7.82. The van der Waals surface area contributed by atoms with Gasteiger partial charge in [-0.05, 0) is 36.5 Å². The van der Waals surface area contributed by atoms with Crippen LogP contribution in [0.5, 0.6) is 0 Å². The summed E-state index contributed by atoms with van der Waals surface area (Å²) >= 11 is 0. The molecule has 2 unspecified atom stereocenters. The van der Waals surface area contributed by atoms with Gasteiger partial charge in [-0.15, -0.1) is 0 Å². The Hall–Kier alpha value is -2.24. The zero-order valence-electron chi connectivity index (χ0n) is 19.3. The molecule has 0 bridgehead atoms. The zero-order valence-corrected chi connectivity index (χ0v) is 19.3. The Balaban J connectivity index is 1.38. The lowest BCUT2D eigenvalue weighted by atomic mass is 9.80. The minimum atomic E-state index is -1.54. The number of carbonyl (C=O) groups excluding carboxylic acids is 1. The van der Waals surface area contributed by atoms with E-state index in [4.69, 9.17) is 4.74 Å². The highest BCUT2D eigenvalue weighted by Crippen LogP contribution is 2.41. The molecule has 1 aliphatic heterocycles. The highest BCUT2D eigenvalue weighted by Gasteiger charge is 2.48. The first-order chi connectivity index (χ1) is 15.5. The Kier molecular flexibility index (Phi) is 7.27. The Morgan fingerprint density at radius 2 is 1.91 bits per heavy atom. The molecule has 1 N–H and O–H groups in total. The molecule has 2 aromatic rings. The van der Waals surface area contributed by atoms with E-state index in [-0.39, 0.29) is 12.0 Å². The highest BCUT2D eigenvalue weighted by molar-refractivity contribution is 5.81. The van der Waals surface area contributed by atoms with E-state index < -0.39 is 11.6 Å². The Morgan fingerprint density at radius 1 is 1.12 bits per heavy atom. The van der Waals surface area contributed by atoms with E-state index in [0.29, 0.717) is 12.2 Å². The van der Waals surface area contributed by atoms with Crippen molar-refractivity contribution in [3.63, 3.8) is 0 Å². The second kappa shape index (κ2) is 10.1. The summed E-state index contributed by atoms with van der Waals surface area (Å²) in [6.07, 6.45) is 11.9. The molecule has 4 rings (SSSR count). The molecule has 2 heterocycles. The van der Waals surface area contributed by atoms with Gasteiger partial charge in [0, 0.05) is 37.6 Å². The van der Waals surface area contributed by atoms with Gasteiger partial charge in [-0.25, -0.2) is 4.79 Å². The summed E-state index contributed by atoms with van der Waals surface area (Å²) in [5.74, 6) is -0.536. The van der Waals surface area contributed by atoms with Crippen molar-refractivity contribution >= 4 is 5.97 Å². The van der Waals surface area contributed by atoms with Crippen molar-refractivity contribution in [1.29, 1.82) is 0 Å². The van der Waals surface area contributed by atoms with Crippen molar-refractivity contribution in [2.24, 2.45) is 5.92 Å². The van der Waals surface area contributed by atoms with Gasteiger partial charge in [0.15, 0.2) is 5.60 Å². The lowest BCUT2D eigenvalue weighted by Crippen LogP contribution is -2.52. The van der Waals surface area contributed by atoms with Crippen molar-refractivity contribution in [2.75, 3.05) is 26.7 Å². The van der Waals surface area contributed by atoms with Gasteiger partial charge in [0.25, 0.3) is 0 Å². The maximum atomic E-state index is 13.3. The fourth-order valence-electron chi connectivity index (χ4n) is 5.77. The molecule has 2 fully saturated rings. The number of esters is 1. The van der Waals surface area contributed by atoms with Crippen LogP contribution in [0, 0.1) is 5.92 Å². The van der Waals surface area contributed by atoms with Crippen LogP contribution in [0.3, 0.4) is 0 Å². The molecule has 5 heteroatoms. The number of nitrogens with zero attached hydrogens (tertiary/aromatic N) is 2. The molecule has 32 heavy (non-hydrogen) atoms. The highest BCUT2D eigenvalue weighted by atomic mass is 16.6. The molecule has 0 spiro atoms. The minimum absolute atomic E-state index is 0.0682. The molecular formula is C27H37N2O3+. The number of quaternary nitrogens is 1. The number of ether oxygens (including phenoxy) is 1. The van der Waals surface area contributed by atoms with Crippen LogP contribution in [0.1, 0.15) is 56.1 Å². The van der Waals surface area contributed by atoms with Crippen LogP contribution in [0.2, 0.25) is 0 Å². The topological polar surface area (TPSA) is 59.4 Å². The van der Waals surface area contributed by atoms with Gasteiger partial charge >= 0.3 is 5.97 Å². The summed E-state index contributed by atoms with van der Waals surface area (Å²) in [5, 5.41) is 11.6. The van der Waals surface area contributed by atoms with E-state index in [1.165, 1.54) is 5.56 Å². The number of pyridine rings is 1. The fourth-order valence-corrected chi connectivity index (χ4v) is 5.77.